The number of aromatic nitrogens is 1. The minimum absolute atomic E-state index is 0.0692. The molecular weight excluding hydrogens is 451 g/mol. The summed E-state index contributed by atoms with van der Waals surface area (Å²) in [6.07, 6.45) is -6.53. The van der Waals surface area contributed by atoms with E-state index in [0.717, 1.165) is 0 Å². The van der Waals surface area contributed by atoms with Gasteiger partial charge in [0.05, 0.1) is 23.1 Å². The maximum atomic E-state index is 12.8. The van der Waals surface area contributed by atoms with E-state index in [1.165, 1.54) is 4.90 Å². The van der Waals surface area contributed by atoms with Gasteiger partial charge in [-0.25, -0.2) is 9.78 Å². The molecule has 3 heterocycles. The molecule has 15 heteroatoms. The monoisotopic (exact) mass is 467 g/mol. The Bertz CT molecular complexity index is 915. The van der Waals surface area contributed by atoms with E-state index in [-0.39, 0.29) is 31.1 Å². The van der Waals surface area contributed by atoms with Crippen LogP contribution in [0.4, 0.5) is 29.3 Å². The lowest BCUT2D eigenvalue weighted by atomic mass is 9.93. The zero-order valence-electron chi connectivity index (χ0n) is 15.7. The highest BCUT2D eigenvalue weighted by molar-refractivity contribution is 6.32. The first kappa shape index (κ1) is 23.0. The van der Waals surface area contributed by atoms with E-state index >= 15 is 0 Å². The molecule has 1 fully saturated rings. The molecule has 0 radical (unpaired) electrons. The van der Waals surface area contributed by atoms with Crippen molar-refractivity contribution < 1.29 is 37.5 Å². The van der Waals surface area contributed by atoms with Gasteiger partial charge in [-0.3, -0.25) is 14.9 Å². The number of pyridine rings is 1. The molecule has 170 valence electrons. The molecule has 0 bridgehead atoms. The van der Waals surface area contributed by atoms with Crippen LogP contribution in [0, 0.1) is 16.0 Å². The molecule has 1 aromatic heterocycles. The summed E-state index contributed by atoms with van der Waals surface area (Å²) in [5.41, 5.74) is -1.18. The van der Waals surface area contributed by atoms with E-state index < -0.39 is 64.5 Å². The van der Waals surface area contributed by atoms with Gasteiger partial charge >= 0.3 is 18.0 Å². The summed E-state index contributed by atoms with van der Waals surface area (Å²) in [6.45, 7) is -0.135. The number of hydrogen-bond acceptors (Lipinski definition) is 9. The number of amides is 1. The Kier molecular flexibility index (Phi) is 6.52. The van der Waals surface area contributed by atoms with E-state index in [1.54, 1.807) is 0 Å². The van der Waals surface area contributed by atoms with E-state index in [9.17, 15) is 38.0 Å². The lowest BCUT2D eigenvalue weighted by molar-refractivity contribution is -0.385. The number of halogens is 4. The number of nitro groups is 1. The lowest BCUT2D eigenvalue weighted by Crippen LogP contribution is -2.54. The zero-order chi connectivity index (χ0) is 22.9. The van der Waals surface area contributed by atoms with Gasteiger partial charge in [-0.1, -0.05) is 11.6 Å². The summed E-state index contributed by atoms with van der Waals surface area (Å²) in [5, 5.41) is 25.5. The highest BCUT2D eigenvalue weighted by Gasteiger charge is 2.45. The number of aliphatic hydroxyl groups excluding tert-OH is 1. The number of hydrogen-bond donors (Lipinski definition) is 3. The molecule has 31 heavy (non-hydrogen) atoms. The SMILES string of the molecule is O=C(Oc1c2c(nc(Cl)c1[N+](=O)[O-])C[C@@H](C(=O)C(F)(F)F)CN2)N1CCNC(CO)C1. The van der Waals surface area contributed by atoms with Crippen molar-refractivity contribution in [3.8, 4) is 5.75 Å². The van der Waals surface area contributed by atoms with E-state index in [1.807, 2.05) is 0 Å². The minimum atomic E-state index is -5.06. The molecular formula is C16H17ClF3N5O6. The third-order valence-corrected chi connectivity index (χ3v) is 5.14. The topological polar surface area (TPSA) is 147 Å². The van der Waals surface area contributed by atoms with Crippen LogP contribution in [0.25, 0.3) is 0 Å². The fraction of sp³-hybridized carbons (Fsp3) is 0.562. The van der Waals surface area contributed by atoms with Crippen molar-refractivity contribution in [1.82, 2.24) is 15.2 Å². The molecule has 0 aliphatic carbocycles. The van der Waals surface area contributed by atoms with Crippen LogP contribution in [0.3, 0.4) is 0 Å². The van der Waals surface area contributed by atoms with Gasteiger partial charge < -0.3 is 25.4 Å². The predicted octanol–water partition coefficient (Wildman–Crippen LogP) is 1.12. The smallest absolute Gasteiger partial charge is 0.400 e. The number of alkyl halides is 3. The number of carbonyl (C=O) groups excluding carboxylic acids is 2. The number of nitrogens with zero attached hydrogens (tertiary/aromatic N) is 3. The van der Waals surface area contributed by atoms with E-state index in [0.29, 0.717) is 6.54 Å². The Labute approximate surface area is 177 Å². The molecule has 11 nitrogen and oxygen atoms in total. The average molecular weight is 468 g/mol. The molecule has 2 atom stereocenters. The molecule has 3 rings (SSSR count). The minimum Gasteiger partial charge on any atom is -0.400 e. The summed E-state index contributed by atoms with van der Waals surface area (Å²) in [7, 11) is 0. The fourth-order valence-corrected chi connectivity index (χ4v) is 3.63. The van der Waals surface area contributed by atoms with Gasteiger partial charge in [0.15, 0.2) is 0 Å². The van der Waals surface area contributed by atoms with Gasteiger partial charge in [0.25, 0.3) is 0 Å². The molecule has 3 N–H and O–H groups in total. The predicted molar refractivity (Wildman–Crippen MR) is 99.1 cm³/mol. The Hall–Kier alpha value is -2.71. The van der Waals surface area contributed by atoms with Gasteiger partial charge in [-0.15, -0.1) is 0 Å². The Balaban J connectivity index is 1.93. The summed E-state index contributed by atoms with van der Waals surface area (Å²) < 4.78 is 43.5. The molecule has 0 aromatic carbocycles. The van der Waals surface area contributed by atoms with Crippen molar-refractivity contribution in [2.45, 2.75) is 18.6 Å². The number of piperazine rings is 1. The van der Waals surface area contributed by atoms with Gasteiger partial charge in [0.1, 0.15) is 5.69 Å². The zero-order valence-corrected chi connectivity index (χ0v) is 16.5. The van der Waals surface area contributed by atoms with Crippen LogP contribution in [0.15, 0.2) is 0 Å². The van der Waals surface area contributed by atoms with Crippen molar-refractivity contribution in [2.75, 3.05) is 38.1 Å². The van der Waals surface area contributed by atoms with Crippen LogP contribution < -0.4 is 15.4 Å². The summed E-state index contributed by atoms with van der Waals surface area (Å²) in [5.74, 6) is -4.09. The molecule has 1 aromatic rings. The quantitative estimate of drug-likeness (QED) is 0.336. The maximum Gasteiger partial charge on any atom is 0.450 e. The summed E-state index contributed by atoms with van der Waals surface area (Å²) >= 11 is 5.86. The number of anilines is 1. The van der Waals surface area contributed by atoms with Crippen LogP contribution in [0.1, 0.15) is 5.69 Å². The number of nitrogens with one attached hydrogen (secondary N) is 2. The number of ketones is 1. The van der Waals surface area contributed by atoms with Gasteiger partial charge in [-0.2, -0.15) is 13.2 Å². The van der Waals surface area contributed by atoms with Crippen LogP contribution in [0.2, 0.25) is 5.15 Å². The third-order valence-electron chi connectivity index (χ3n) is 4.88. The second-order valence-electron chi connectivity index (χ2n) is 6.95. The molecule has 2 aliphatic heterocycles. The Morgan fingerprint density at radius 1 is 1.42 bits per heavy atom. The van der Waals surface area contributed by atoms with Crippen molar-refractivity contribution >= 4 is 34.9 Å². The number of Topliss-reactive ketones (excluding diaryl/α,β-unsaturated/α-hetero) is 1. The summed E-state index contributed by atoms with van der Waals surface area (Å²) in [4.78, 5) is 39.7. The highest BCUT2D eigenvalue weighted by Crippen LogP contribution is 2.44. The molecule has 1 saturated heterocycles. The van der Waals surface area contributed by atoms with Crippen LogP contribution in [-0.4, -0.2) is 76.8 Å². The standard InChI is InChI=1S/C16H17ClF3N5O6/c17-14-11(25(29)30)12(31-15(28)24-2-1-21-8(5-24)6-26)10-9(23-14)3-7(4-22-10)13(27)16(18,19)20/h7-8,21-22,26H,1-6H2/t7-,8?/m1/s1. The van der Waals surface area contributed by atoms with Crippen molar-refractivity contribution in [3.05, 3.63) is 21.0 Å². The highest BCUT2D eigenvalue weighted by atomic mass is 35.5. The first-order chi connectivity index (χ1) is 14.5. The van der Waals surface area contributed by atoms with Crippen LogP contribution >= 0.6 is 11.6 Å². The first-order valence-electron chi connectivity index (χ1n) is 9.05. The fourth-order valence-electron chi connectivity index (χ4n) is 3.37. The lowest BCUT2D eigenvalue weighted by Gasteiger charge is -2.32. The van der Waals surface area contributed by atoms with Crippen LogP contribution in [0.5, 0.6) is 5.75 Å². The van der Waals surface area contributed by atoms with Gasteiger partial charge in [0.2, 0.25) is 16.7 Å². The Morgan fingerprint density at radius 2 is 2.13 bits per heavy atom. The van der Waals surface area contributed by atoms with Crippen molar-refractivity contribution in [1.29, 1.82) is 0 Å². The van der Waals surface area contributed by atoms with E-state index in [4.69, 9.17) is 16.3 Å². The molecule has 0 spiro atoms. The number of aliphatic hydroxyl groups is 1. The average Bonchev–Trinajstić information content (AvgIpc) is 2.71. The summed E-state index contributed by atoms with van der Waals surface area (Å²) in [6, 6.07) is -0.418. The number of carbonyl (C=O) groups is 2. The second-order valence-corrected chi connectivity index (χ2v) is 7.31. The molecule has 1 amide bonds. The third kappa shape index (κ3) is 4.80. The molecule has 1 unspecified atom stereocenters. The number of ether oxygens (including phenoxy) is 1. The normalized spacial score (nSPS) is 21.1. The number of rotatable bonds is 4. The molecule has 0 saturated carbocycles. The van der Waals surface area contributed by atoms with E-state index in [2.05, 4.69) is 15.6 Å². The number of fused-ring (bicyclic) bond motifs is 1. The molecule has 2 aliphatic rings. The van der Waals surface area contributed by atoms with Crippen LogP contribution in [-0.2, 0) is 11.2 Å². The van der Waals surface area contributed by atoms with Gasteiger partial charge in [0, 0.05) is 38.6 Å². The largest absolute Gasteiger partial charge is 0.450 e. The maximum absolute atomic E-state index is 12.8. The second kappa shape index (κ2) is 8.80. The Morgan fingerprint density at radius 3 is 2.74 bits per heavy atom. The van der Waals surface area contributed by atoms with Gasteiger partial charge in [-0.05, 0) is 0 Å². The van der Waals surface area contributed by atoms with Crippen molar-refractivity contribution in [3.63, 3.8) is 0 Å². The first-order valence-corrected chi connectivity index (χ1v) is 9.43. The van der Waals surface area contributed by atoms with Crippen molar-refractivity contribution in [2.24, 2.45) is 5.92 Å².